The van der Waals surface area contributed by atoms with E-state index in [0.29, 0.717) is 0 Å². The molecule has 0 amide bonds. The Morgan fingerprint density at radius 2 is 2.17 bits per heavy atom. The molecule has 1 nitrogen and oxygen atoms in total. The second kappa shape index (κ2) is 6.51. The van der Waals surface area contributed by atoms with Crippen molar-refractivity contribution in [1.29, 1.82) is 0 Å². The first-order chi connectivity index (χ1) is 5.70. The van der Waals surface area contributed by atoms with Crippen LogP contribution in [0.25, 0.3) is 0 Å². The van der Waals surface area contributed by atoms with Gasteiger partial charge in [-0.25, -0.2) is 0 Å². The van der Waals surface area contributed by atoms with Crippen LogP contribution in [0.4, 0.5) is 0 Å². The summed E-state index contributed by atoms with van der Waals surface area (Å²) in [6.07, 6.45) is 6.59. The zero-order chi connectivity index (χ0) is 9.40. The van der Waals surface area contributed by atoms with Gasteiger partial charge in [0.05, 0.1) is 7.11 Å². The molecule has 0 spiro atoms. The predicted octanol–water partition coefficient (Wildman–Crippen LogP) is 3.21. The fraction of sp³-hybridized carbons (Fsp3) is 0.364. The molecule has 12 heavy (non-hydrogen) atoms. The van der Waals surface area contributed by atoms with Gasteiger partial charge in [-0.1, -0.05) is 19.1 Å². The van der Waals surface area contributed by atoms with Gasteiger partial charge in [0.25, 0.3) is 0 Å². The van der Waals surface area contributed by atoms with Crippen molar-refractivity contribution in [1.82, 2.24) is 0 Å². The summed E-state index contributed by atoms with van der Waals surface area (Å²) in [5, 5.41) is 0. The lowest BCUT2D eigenvalue weighted by Gasteiger charge is -1.95. The average Bonchev–Trinajstić information content (AvgIpc) is 2.02. The molecule has 66 valence electrons. The standard InChI is InChI=1S/C11H16O/c1-5-7-11(12-4)9-6-8-10(2)3/h7-9H,2,5H2,1,3-4H3/b11-7+. The van der Waals surface area contributed by atoms with Crippen molar-refractivity contribution in [3.63, 3.8) is 0 Å². The minimum Gasteiger partial charge on any atom is -0.496 e. The van der Waals surface area contributed by atoms with E-state index >= 15 is 0 Å². The van der Waals surface area contributed by atoms with Crippen LogP contribution in [-0.2, 0) is 4.74 Å². The molecule has 0 aromatic carbocycles. The number of ether oxygens (including phenoxy) is 1. The lowest BCUT2D eigenvalue weighted by Crippen LogP contribution is -1.79. The molecule has 0 unspecified atom stereocenters. The minimum atomic E-state index is 0.843. The first-order valence-corrected chi connectivity index (χ1v) is 4.02. The molecule has 0 radical (unpaired) electrons. The van der Waals surface area contributed by atoms with Gasteiger partial charge in [0.1, 0.15) is 5.76 Å². The number of hydrogen-bond donors (Lipinski definition) is 0. The second-order valence-corrected chi connectivity index (χ2v) is 2.52. The summed E-state index contributed by atoms with van der Waals surface area (Å²) in [6.45, 7) is 7.72. The van der Waals surface area contributed by atoms with Gasteiger partial charge < -0.3 is 4.74 Å². The van der Waals surface area contributed by atoms with E-state index < -0.39 is 0 Å². The predicted molar refractivity (Wildman–Crippen MR) is 52.9 cm³/mol. The summed E-state index contributed by atoms with van der Waals surface area (Å²) in [6, 6.07) is 0. The van der Waals surface area contributed by atoms with E-state index in [2.05, 4.69) is 19.2 Å². The van der Waals surface area contributed by atoms with Crippen molar-refractivity contribution in [2.45, 2.75) is 20.3 Å². The Bertz CT molecular complexity index is 227. The van der Waals surface area contributed by atoms with Gasteiger partial charge in [-0.05, 0) is 25.5 Å². The van der Waals surface area contributed by atoms with E-state index in [1.807, 2.05) is 19.1 Å². The maximum atomic E-state index is 5.07. The topological polar surface area (TPSA) is 9.23 Å². The summed E-state index contributed by atoms with van der Waals surface area (Å²) < 4.78 is 5.07. The van der Waals surface area contributed by atoms with Crippen molar-refractivity contribution in [2.24, 2.45) is 0 Å². The fourth-order valence-electron chi connectivity index (χ4n) is 0.668. The fourth-order valence-corrected chi connectivity index (χ4v) is 0.668. The lowest BCUT2D eigenvalue weighted by atomic mass is 10.3. The van der Waals surface area contributed by atoms with Crippen LogP contribution in [0.5, 0.6) is 0 Å². The van der Waals surface area contributed by atoms with Crippen molar-refractivity contribution >= 4 is 0 Å². The SMILES string of the molecule is C=C(C)C=C=C/C(=C\CC)OC. The number of rotatable bonds is 4. The average molecular weight is 164 g/mol. The van der Waals surface area contributed by atoms with E-state index in [4.69, 9.17) is 4.74 Å². The van der Waals surface area contributed by atoms with E-state index in [-0.39, 0.29) is 0 Å². The maximum Gasteiger partial charge on any atom is 0.122 e. The van der Waals surface area contributed by atoms with Crippen molar-refractivity contribution in [3.05, 3.63) is 41.9 Å². The Morgan fingerprint density at radius 1 is 1.50 bits per heavy atom. The number of hydrogen-bond acceptors (Lipinski definition) is 1. The molecule has 0 aliphatic carbocycles. The highest BCUT2D eigenvalue weighted by atomic mass is 16.5. The van der Waals surface area contributed by atoms with Gasteiger partial charge >= 0.3 is 0 Å². The molecule has 0 fully saturated rings. The third kappa shape index (κ3) is 5.57. The summed E-state index contributed by atoms with van der Waals surface area (Å²) in [7, 11) is 1.65. The van der Waals surface area contributed by atoms with E-state index in [0.717, 1.165) is 17.8 Å². The van der Waals surface area contributed by atoms with Crippen LogP contribution in [-0.4, -0.2) is 7.11 Å². The van der Waals surface area contributed by atoms with Crippen LogP contribution in [0.15, 0.2) is 41.9 Å². The highest BCUT2D eigenvalue weighted by molar-refractivity contribution is 5.17. The van der Waals surface area contributed by atoms with Crippen LogP contribution in [0.1, 0.15) is 20.3 Å². The van der Waals surface area contributed by atoms with Crippen molar-refractivity contribution in [2.75, 3.05) is 7.11 Å². The van der Waals surface area contributed by atoms with E-state index in [1.54, 1.807) is 13.2 Å². The van der Waals surface area contributed by atoms with Gasteiger partial charge in [-0.15, -0.1) is 5.73 Å². The molecular weight excluding hydrogens is 148 g/mol. The smallest absolute Gasteiger partial charge is 0.122 e. The molecule has 0 aromatic heterocycles. The van der Waals surface area contributed by atoms with Crippen molar-refractivity contribution in [3.8, 4) is 0 Å². The third-order valence-corrected chi connectivity index (χ3v) is 1.20. The Labute approximate surface area is 74.7 Å². The molecule has 0 N–H and O–H groups in total. The summed E-state index contributed by atoms with van der Waals surface area (Å²) in [5.41, 5.74) is 3.96. The molecule has 0 aromatic rings. The molecular formula is C11H16O. The first kappa shape index (κ1) is 10.8. The minimum absolute atomic E-state index is 0.843. The van der Waals surface area contributed by atoms with Crippen LogP contribution in [0.2, 0.25) is 0 Å². The monoisotopic (exact) mass is 164 g/mol. The first-order valence-electron chi connectivity index (χ1n) is 4.02. The van der Waals surface area contributed by atoms with Crippen LogP contribution in [0.3, 0.4) is 0 Å². The van der Waals surface area contributed by atoms with Gasteiger partial charge in [0.2, 0.25) is 0 Å². The molecule has 0 aliphatic heterocycles. The molecule has 0 heterocycles. The zero-order valence-electron chi connectivity index (χ0n) is 8.05. The number of methoxy groups -OCH3 is 1. The summed E-state index contributed by atoms with van der Waals surface area (Å²) in [4.78, 5) is 0. The molecule has 0 saturated carbocycles. The molecule has 0 bridgehead atoms. The Balaban J connectivity index is 4.29. The Hall–Kier alpha value is -1.20. The number of allylic oxidation sites excluding steroid dienone is 3. The van der Waals surface area contributed by atoms with Crippen molar-refractivity contribution < 1.29 is 4.74 Å². The zero-order valence-corrected chi connectivity index (χ0v) is 8.05. The highest BCUT2D eigenvalue weighted by Gasteiger charge is 1.83. The van der Waals surface area contributed by atoms with Crippen LogP contribution >= 0.6 is 0 Å². The van der Waals surface area contributed by atoms with Gasteiger partial charge in [-0.3, -0.25) is 0 Å². The highest BCUT2D eigenvalue weighted by Crippen LogP contribution is 1.98. The summed E-state index contributed by atoms with van der Waals surface area (Å²) >= 11 is 0. The molecule has 1 heteroatoms. The molecule has 0 aliphatic rings. The van der Waals surface area contributed by atoms with E-state index in [1.165, 1.54) is 0 Å². The van der Waals surface area contributed by atoms with Gasteiger partial charge in [-0.2, -0.15) is 0 Å². The maximum absolute atomic E-state index is 5.07. The van der Waals surface area contributed by atoms with Gasteiger partial charge in [0, 0.05) is 6.08 Å². The lowest BCUT2D eigenvalue weighted by molar-refractivity contribution is 0.305. The third-order valence-electron chi connectivity index (χ3n) is 1.20. The summed E-state index contributed by atoms with van der Waals surface area (Å²) in [5.74, 6) is 0.843. The largest absolute Gasteiger partial charge is 0.496 e. The van der Waals surface area contributed by atoms with Crippen LogP contribution < -0.4 is 0 Å². The van der Waals surface area contributed by atoms with Gasteiger partial charge in [0.15, 0.2) is 0 Å². The normalized spacial score (nSPS) is 10.1. The second-order valence-electron chi connectivity index (χ2n) is 2.52. The Morgan fingerprint density at radius 3 is 2.58 bits per heavy atom. The van der Waals surface area contributed by atoms with Crippen LogP contribution in [0, 0.1) is 0 Å². The Kier molecular flexibility index (Phi) is 5.86. The molecule has 0 saturated heterocycles. The molecule has 0 rings (SSSR count). The quantitative estimate of drug-likeness (QED) is 0.352. The van der Waals surface area contributed by atoms with E-state index in [9.17, 15) is 0 Å². The molecule has 0 atom stereocenters.